The number of aliphatic hydroxyl groups is 1. The Kier molecular flexibility index (Phi) is 4.21. The molecule has 1 N–H and O–H groups in total. The number of hydrogen-bond donors (Lipinski definition) is 1. The summed E-state index contributed by atoms with van der Waals surface area (Å²) in [5, 5.41) is 17.5. The molecule has 2 aromatic heterocycles. The van der Waals surface area contributed by atoms with E-state index in [0.717, 1.165) is 11.3 Å². The van der Waals surface area contributed by atoms with Crippen LogP contribution in [-0.2, 0) is 13.1 Å². The number of aromatic nitrogens is 4. The summed E-state index contributed by atoms with van der Waals surface area (Å²) >= 11 is 0. The number of alkyl halides is 1. The van der Waals surface area contributed by atoms with Crippen LogP contribution in [0.15, 0.2) is 30.7 Å². The highest BCUT2D eigenvalue weighted by Gasteiger charge is 2.31. The molecule has 1 aliphatic heterocycles. The number of rotatable bonds is 5. The zero-order valence-corrected chi connectivity index (χ0v) is 11.6. The molecule has 7 heteroatoms. The van der Waals surface area contributed by atoms with E-state index in [1.807, 2.05) is 23.2 Å². The van der Waals surface area contributed by atoms with Crippen molar-refractivity contribution in [3.63, 3.8) is 0 Å². The lowest BCUT2D eigenvalue weighted by molar-refractivity contribution is 0.152. The van der Waals surface area contributed by atoms with Crippen LogP contribution < -0.4 is 0 Å². The smallest absolute Gasteiger partial charge is 0.114 e. The second-order valence-electron chi connectivity index (χ2n) is 5.37. The summed E-state index contributed by atoms with van der Waals surface area (Å²) in [6, 6.07) is 3.73. The van der Waals surface area contributed by atoms with Crippen molar-refractivity contribution in [3.05, 3.63) is 42.0 Å². The van der Waals surface area contributed by atoms with E-state index in [1.54, 1.807) is 17.1 Å². The molecule has 1 saturated heterocycles. The van der Waals surface area contributed by atoms with Gasteiger partial charge in [0.05, 0.1) is 25.0 Å². The third-order valence-corrected chi connectivity index (χ3v) is 3.71. The monoisotopic (exact) mass is 291 g/mol. The highest BCUT2D eigenvalue weighted by Crippen LogP contribution is 2.21. The minimum atomic E-state index is -0.868. The second kappa shape index (κ2) is 6.28. The van der Waals surface area contributed by atoms with Crippen LogP contribution in [0.25, 0.3) is 0 Å². The highest BCUT2D eigenvalue weighted by atomic mass is 19.1. The fraction of sp³-hybridized carbons (Fsp3) is 0.500. The summed E-state index contributed by atoms with van der Waals surface area (Å²) in [7, 11) is 0. The normalized spacial score (nSPS) is 22.8. The van der Waals surface area contributed by atoms with E-state index in [4.69, 9.17) is 0 Å². The summed E-state index contributed by atoms with van der Waals surface area (Å²) < 4.78 is 15.1. The molecule has 0 amide bonds. The predicted octanol–water partition coefficient (Wildman–Crippen LogP) is 0.626. The van der Waals surface area contributed by atoms with Gasteiger partial charge in [-0.1, -0.05) is 11.3 Å². The first-order valence-electron chi connectivity index (χ1n) is 7.01. The van der Waals surface area contributed by atoms with E-state index in [9.17, 15) is 9.50 Å². The number of aliphatic hydroxyl groups excluding tert-OH is 1. The van der Waals surface area contributed by atoms with E-state index < -0.39 is 6.17 Å². The van der Waals surface area contributed by atoms with Crippen molar-refractivity contribution in [1.29, 1.82) is 0 Å². The Morgan fingerprint density at radius 1 is 1.38 bits per heavy atom. The van der Waals surface area contributed by atoms with Gasteiger partial charge in [-0.15, -0.1) is 5.10 Å². The Labute approximate surface area is 122 Å². The molecule has 0 bridgehead atoms. The average Bonchev–Trinajstić information content (AvgIpc) is 3.07. The molecule has 1 aliphatic rings. The molecule has 2 aromatic rings. The molecule has 0 radical (unpaired) electrons. The molecule has 112 valence electrons. The van der Waals surface area contributed by atoms with E-state index in [0.29, 0.717) is 26.1 Å². The average molecular weight is 291 g/mol. The summed E-state index contributed by atoms with van der Waals surface area (Å²) in [5.74, 6) is 0. The maximum absolute atomic E-state index is 13.4. The zero-order chi connectivity index (χ0) is 14.7. The van der Waals surface area contributed by atoms with Gasteiger partial charge >= 0.3 is 0 Å². The maximum Gasteiger partial charge on any atom is 0.114 e. The van der Waals surface area contributed by atoms with Crippen LogP contribution >= 0.6 is 0 Å². The van der Waals surface area contributed by atoms with Crippen LogP contribution in [0.1, 0.15) is 17.7 Å². The number of hydrogen-bond acceptors (Lipinski definition) is 5. The molecule has 21 heavy (non-hydrogen) atoms. The number of halogens is 1. The molecular weight excluding hydrogens is 273 g/mol. The standard InChI is InChI=1S/C14H18FN5O/c15-12-4-14(10-21)19(7-12)8-13-9-20(18-17-13)6-11-2-1-3-16-5-11/h1-3,5,9,12,14,21H,4,6-8,10H2/t12-,14-/m0/s1. The SMILES string of the molecule is OC[C@@H]1C[C@H](F)CN1Cc1cn(Cc2cccnc2)nn1. The topological polar surface area (TPSA) is 67.1 Å². The van der Waals surface area contributed by atoms with Gasteiger partial charge < -0.3 is 5.11 Å². The quantitative estimate of drug-likeness (QED) is 0.875. The third kappa shape index (κ3) is 3.43. The van der Waals surface area contributed by atoms with Gasteiger partial charge in [0.1, 0.15) is 6.17 Å². The molecule has 0 unspecified atom stereocenters. The van der Waals surface area contributed by atoms with Crippen LogP contribution in [0.3, 0.4) is 0 Å². The third-order valence-electron chi connectivity index (χ3n) is 3.71. The number of pyridine rings is 1. The van der Waals surface area contributed by atoms with E-state index >= 15 is 0 Å². The molecule has 0 aromatic carbocycles. The van der Waals surface area contributed by atoms with E-state index in [-0.39, 0.29) is 12.6 Å². The van der Waals surface area contributed by atoms with Gasteiger partial charge in [-0.3, -0.25) is 9.88 Å². The van der Waals surface area contributed by atoms with Crippen LogP contribution in [0.5, 0.6) is 0 Å². The minimum Gasteiger partial charge on any atom is -0.395 e. The molecule has 1 fully saturated rings. The molecule has 2 atom stereocenters. The summed E-state index contributed by atoms with van der Waals surface area (Å²) in [4.78, 5) is 5.98. The number of nitrogens with zero attached hydrogens (tertiary/aromatic N) is 5. The fourth-order valence-corrected chi connectivity index (χ4v) is 2.68. The molecule has 0 saturated carbocycles. The molecular formula is C14H18FN5O. The maximum atomic E-state index is 13.4. The summed E-state index contributed by atoms with van der Waals surface area (Å²) in [6.45, 7) is 1.44. The molecule has 3 heterocycles. The van der Waals surface area contributed by atoms with Gasteiger partial charge in [0.2, 0.25) is 0 Å². The molecule has 0 aliphatic carbocycles. The number of likely N-dealkylation sites (tertiary alicyclic amines) is 1. The lowest BCUT2D eigenvalue weighted by Gasteiger charge is -2.20. The van der Waals surface area contributed by atoms with Gasteiger partial charge in [0, 0.05) is 31.5 Å². The van der Waals surface area contributed by atoms with Crippen molar-refractivity contribution < 1.29 is 9.50 Å². The summed E-state index contributed by atoms with van der Waals surface area (Å²) in [6.07, 6.45) is 4.89. The first-order chi connectivity index (χ1) is 10.2. The van der Waals surface area contributed by atoms with Crippen LogP contribution in [0.4, 0.5) is 4.39 Å². The summed E-state index contributed by atoms with van der Waals surface area (Å²) in [5.41, 5.74) is 1.83. The Bertz CT molecular complexity index is 576. The van der Waals surface area contributed by atoms with E-state index in [2.05, 4.69) is 15.3 Å². The first kappa shape index (κ1) is 14.1. The van der Waals surface area contributed by atoms with Gasteiger partial charge in [0.25, 0.3) is 0 Å². The molecule has 0 spiro atoms. The Balaban J connectivity index is 1.63. The van der Waals surface area contributed by atoms with Crippen molar-refractivity contribution in [2.45, 2.75) is 31.7 Å². The van der Waals surface area contributed by atoms with Crippen molar-refractivity contribution in [2.24, 2.45) is 0 Å². The Hall–Kier alpha value is -1.86. The van der Waals surface area contributed by atoms with Crippen molar-refractivity contribution >= 4 is 0 Å². The largest absolute Gasteiger partial charge is 0.395 e. The Morgan fingerprint density at radius 3 is 3.05 bits per heavy atom. The second-order valence-corrected chi connectivity index (χ2v) is 5.37. The van der Waals surface area contributed by atoms with Crippen LogP contribution in [-0.4, -0.2) is 55.3 Å². The minimum absolute atomic E-state index is 0.0236. The predicted molar refractivity (Wildman–Crippen MR) is 74.2 cm³/mol. The van der Waals surface area contributed by atoms with Crippen molar-refractivity contribution in [2.75, 3.05) is 13.2 Å². The van der Waals surface area contributed by atoms with Gasteiger partial charge in [-0.2, -0.15) is 0 Å². The van der Waals surface area contributed by atoms with Gasteiger partial charge in [-0.05, 0) is 18.1 Å². The van der Waals surface area contributed by atoms with Crippen molar-refractivity contribution in [3.8, 4) is 0 Å². The van der Waals surface area contributed by atoms with Crippen LogP contribution in [0.2, 0.25) is 0 Å². The highest BCUT2D eigenvalue weighted by molar-refractivity contribution is 5.09. The van der Waals surface area contributed by atoms with Gasteiger partial charge in [0.15, 0.2) is 0 Å². The van der Waals surface area contributed by atoms with Gasteiger partial charge in [-0.25, -0.2) is 9.07 Å². The first-order valence-corrected chi connectivity index (χ1v) is 7.01. The van der Waals surface area contributed by atoms with Crippen molar-refractivity contribution in [1.82, 2.24) is 24.9 Å². The lowest BCUT2D eigenvalue weighted by atomic mass is 10.2. The molecule has 6 nitrogen and oxygen atoms in total. The van der Waals surface area contributed by atoms with E-state index in [1.165, 1.54) is 0 Å². The zero-order valence-electron chi connectivity index (χ0n) is 11.6. The Morgan fingerprint density at radius 2 is 2.29 bits per heavy atom. The van der Waals surface area contributed by atoms with Crippen LogP contribution in [0, 0.1) is 0 Å². The lowest BCUT2D eigenvalue weighted by Crippen LogP contribution is -2.31. The fourth-order valence-electron chi connectivity index (χ4n) is 2.68. The molecule has 3 rings (SSSR count).